The predicted octanol–water partition coefficient (Wildman–Crippen LogP) is 3.18. The van der Waals surface area contributed by atoms with Gasteiger partial charge in [0.05, 0.1) is 11.6 Å². The van der Waals surface area contributed by atoms with Crippen molar-refractivity contribution in [3.05, 3.63) is 47.2 Å². The molecule has 1 amide bonds. The van der Waals surface area contributed by atoms with Crippen LogP contribution in [0.25, 0.3) is 11.3 Å². The van der Waals surface area contributed by atoms with Crippen LogP contribution >= 0.6 is 11.6 Å². The molecule has 25 heavy (non-hydrogen) atoms. The van der Waals surface area contributed by atoms with E-state index in [1.54, 1.807) is 18.2 Å². The fourth-order valence-corrected chi connectivity index (χ4v) is 3.46. The third-order valence-corrected chi connectivity index (χ3v) is 4.94. The molecule has 0 bridgehead atoms. The lowest BCUT2D eigenvalue weighted by molar-refractivity contribution is 0.0836. The zero-order valence-corrected chi connectivity index (χ0v) is 14.8. The molecule has 3 rings (SSSR count). The number of carbonyl (C=O) groups is 1. The average molecular weight is 363 g/mol. The van der Waals surface area contributed by atoms with Crippen molar-refractivity contribution in [1.82, 2.24) is 10.2 Å². The zero-order valence-electron chi connectivity index (χ0n) is 14.1. The molecule has 1 aliphatic heterocycles. The monoisotopic (exact) mass is 362 g/mol. The number of amides is 1. The van der Waals surface area contributed by atoms with Crippen LogP contribution in [0.5, 0.6) is 0 Å². The average Bonchev–Trinajstić information content (AvgIpc) is 3.12. The molecule has 0 aliphatic carbocycles. The lowest BCUT2D eigenvalue weighted by Gasteiger charge is -2.34. The number of benzene rings is 1. The van der Waals surface area contributed by atoms with Crippen LogP contribution in [0.3, 0.4) is 0 Å². The highest BCUT2D eigenvalue weighted by Crippen LogP contribution is 2.29. The molecule has 1 saturated heterocycles. The molecule has 0 spiro atoms. The lowest BCUT2D eigenvalue weighted by atomic mass is 10.0. The van der Waals surface area contributed by atoms with Gasteiger partial charge >= 0.3 is 0 Å². The van der Waals surface area contributed by atoms with Gasteiger partial charge in [0.2, 0.25) is 0 Å². The number of carbonyl (C=O) groups excluding carboxylic acids is 1. The molecule has 1 aliphatic rings. The van der Waals surface area contributed by atoms with E-state index in [9.17, 15) is 9.90 Å². The predicted molar refractivity (Wildman–Crippen MR) is 97.8 cm³/mol. The number of aliphatic hydroxyl groups excluding tert-OH is 1. The molecular formula is C19H23ClN2O3. The van der Waals surface area contributed by atoms with E-state index in [2.05, 4.69) is 10.2 Å². The molecule has 2 heterocycles. The van der Waals surface area contributed by atoms with Crippen LogP contribution in [0.2, 0.25) is 5.02 Å². The second-order valence-corrected chi connectivity index (χ2v) is 6.67. The molecule has 0 saturated carbocycles. The van der Waals surface area contributed by atoms with Gasteiger partial charge in [0.1, 0.15) is 5.76 Å². The molecule has 0 radical (unpaired) electrons. The molecule has 5 nitrogen and oxygen atoms in total. The van der Waals surface area contributed by atoms with Crippen LogP contribution in [-0.4, -0.2) is 48.2 Å². The lowest BCUT2D eigenvalue weighted by Crippen LogP contribution is -2.45. The van der Waals surface area contributed by atoms with Gasteiger partial charge in [-0.05, 0) is 43.7 Å². The normalized spacial score (nSPS) is 18.2. The Kier molecular flexibility index (Phi) is 6.13. The van der Waals surface area contributed by atoms with E-state index in [4.69, 9.17) is 16.0 Å². The van der Waals surface area contributed by atoms with Crippen molar-refractivity contribution in [2.24, 2.45) is 0 Å². The Morgan fingerprint density at radius 3 is 2.92 bits per heavy atom. The zero-order chi connectivity index (χ0) is 17.6. The largest absolute Gasteiger partial charge is 0.451 e. The van der Waals surface area contributed by atoms with E-state index >= 15 is 0 Å². The van der Waals surface area contributed by atoms with Crippen LogP contribution in [0, 0.1) is 0 Å². The summed E-state index contributed by atoms with van der Waals surface area (Å²) in [5.74, 6) is 0.607. The highest BCUT2D eigenvalue weighted by atomic mass is 35.5. The quantitative estimate of drug-likeness (QED) is 0.828. The number of aliphatic hydroxyl groups is 1. The highest BCUT2D eigenvalue weighted by molar-refractivity contribution is 6.33. The van der Waals surface area contributed by atoms with Crippen molar-refractivity contribution in [3.63, 3.8) is 0 Å². The van der Waals surface area contributed by atoms with Crippen LogP contribution < -0.4 is 5.32 Å². The second-order valence-electron chi connectivity index (χ2n) is 6.27. The van der Waals surface area contributed by atoms with Gasteiger partial charge in [0, 0.05) is 24.7 Å². The van der Waals surface area contributed by atoms with E-state index in [1.807, 2.05) is 18.2 Å². The van der Waals surface area contributed by atoms with Gasteiger partial charge in [-0.15, -0.1) is 0 Å². The minimum Gasteiger partial charge on any atom is -0.451 e. The first-order valence-electron chi connectivity index (χ1n) is 8.67. The summed E-state index contributed by atoms with van der Waals surface area (Å²) in [4.78, 5) is 14.5. The van der Waals surface area contributed by atoms with E-state index in [0.717, 1.165) is 37.9 Å². The number of furan rings is 1. The van der Waals surface area contributed by atoms with Gasteiger partial charge in [0.15, 0.2) is 5.76 Å². The fraction of sp³-hybridized carbons (Fsp3) is 0.421. The Labute approximate surface area is 152 Å². The molecule has 6 heteroatoms. The summed E-state index contributed by atoms with van der Waals surface area (Å²) in [7, 11) is 0. The second kappa shape index (κ2) is 8.52. The van der Waals surface area contributed by atoms with Gasteiger partial charge < -0.3 is 14.8 Å². The molecule has 1 atom stereocenters. The van der Waals surface area contributed by atoms with Crippen molar-refractivity contribution < 1.29 is 14.3 Å². The topological polar surface area (TPSA) is 65.7 Å². The van der Waals surface area contributed by atoms with Crippen molar-refractivity contribution in [3.8, 4) is 11.3 Å². The molecule has 1 fully saturated rings. The number of rotatable bonds is 6. The molecule has 134 valence electrons. The van der Waals surface area contributed by atoms with Gasteiger partial charge in [-0.25, -0.2) is 0 Å². The smallest absolute Gasteiger partial charge is 0.287 e. The standard InChI is InChI=1S/C19H23ClN2O3/c20-16-7-2-1-6-15(16)17-8-9-18(25-17)19(24)21-10-12-22-11-4-3-5-14(22)13-23/h1-2,6-9,14,23H,3-5,10-13H2,(H,21,24)/t14-/m1/s1. The number of likely N-dealkylation sites (tertiary alicyclic amines) is 1. The number of hydrogen-bond acceptors (Lipinski definition) is 4. The summed E-state index contributed by atoms with van der Waals surface area (Å²) in [5.41, 5.74) is 0.766. The minimum atomic E-state index is -0.240. The van der Waals surface area contributed by atoms with Crippen LogP contribution in [-0.2, 0) is 0 Å². The third kappa shape index (κ3) is 4.42. The van der Waals surface area contributed by atoms with Crippen LogP contribution in [0.4, 0.5) is 0 Å². The fourth-order valence-electron chi connectivity index (χ4n) is 3.23. The first-order chi connectivity index (χ1) is 12.2. The van der Waals surface area contributed by atoms with Gasteiger partial charge in [0.25, 0.3) is 5.91 Å². The summed E-state index contributed by atoms with van der Waals surface area (Å²) in [5, 5.41) is 12.9. The van der Waals surface area contributed by atoms with E-state index < -0.39 is 0 Å². The molecule has 2 aromatic rings. The highest BCUT2D eigenvalue weighted by Gasteiger charge is 2.21. The Balaban J connectivity index is 1.55. The summed E-state index contributed by atoms with van der Waals surface area (Å²) in [6.07, 6.45) is 3.32. The van der Waals surface area contributed by atoms with Gasteiger partial charge in [-0.2, -0.15) is 0 Å². The number of hydrogen-bond donors (Lipinski definition) is 2. The maximum atomic E-state index is 12.3. The first kappa shape index (κ1) is 18.0. The third-order valence-electron chi connectivity index (χ3n) is 4.61. The summed E-state index contributed by atoms with van der Waals surface area (Å²) < 4.78 is 5.65. The van der Waals surface area contributed by atoms with Crippen molar-refractivity contribution in [1.29, 1.82) is 0 Å². The van der Waals surface area contributed by atoms with Crippen molar-refractivity contribution in [2.45, 2.75) is 25.3 Å². The Morgan fingerprint density at radius 1 is 1.28 bits per heavy atom. The van der Waals surface area contributed by atoms with Gasteiger partial charge in [-0.1, -0.05) is 30.2 Å². The van der Waals surface area contributed by atoms with E-state index in [1.165, 1.54) is 0 Å². The van der Waals surface area contributed by atoms with Crippen LogP contribution in [0.15, 0.2) is 40.8 Å². The maximum Gasteiger partial charge on any atom is 0.287 e. The van der Waals surface area contributed by atoms with Crippen molar-refractivity contribution in [2.75, 3.05) is 26.2 Å². The Hall–Kier alpha value is -1.82. The van der Waals surface area contributed by atoms with E-state index in [-0.39, 0.29) is 24.3 Å². The van der Waals surface area contributed by atoms with E-state index in [0.29, 0.717) is 17.3 Å². The molecule has 0 unspecified atom stereocenters. The molecule has 1 aromatic heterocycles. The summed E-state index contributed by atoms with van der Waals surface area (Å²) in [6, 6.07) is 11.0. The van der Waals surface area contributed by atoms with Crippen LogP contribution in [0.1, 0.15) is 29.8 Å². The van der Waals surface area contributed by atoms with Gasteiger partial charge in [-0.3, -0.25) is 9.69 Å². The maximum absolute atomic E-state index is 12.3. The molecule has 2 N–H and O–H groups in total. The number of halogens is 1. The molecular weight excluding hydrogens is 340 g/mol. The first-order valence-corrected chi connectivity index (χ1v) is 9.04. The number of nitrogens with zero attached hydrogens (tertiary/aromatic N) is 1. The number of piperidine rings is 1. The van der Waals surface area contributed by atoms with Crippen molar-refractivity contribution >= 4 is 17.5 Å². The summed E-state index contributed by atoms with van der Waals surface area (Å²) >= 11 is 6.16. The Morgan fingerprint density at radius 2 is 2.12 bits per heavy atom. The number of nitrogens with one attached hydrogen (secondary N) is 1. The molecule has 1 aromatic carbocycles. The minimum absolute atomic E-state index is 0.174. The Bertz CT molecular complexity index is 716. The SMILES string of the molecule is O=C(NCCN1CCCC[C@@H]1CO)c1ccc(-c2ccccc2Cl)o1. The summed E-state index contributed by atoms with van der Waals surface area (Å²) in [6.45, 7) is 2.40.